The lowest BCUT2D eigenvalue weighted by atomic mass is 9.97. The molecule has 0 spiro atoms. The Labute approximate surface area is 226 Å². The number of hydrogen-bond donors (Lipinski definition) is 1. The molecule has 1 unspecified atom stereocenters. The third-order valence-electron chi connectivity index (χ3n) is 6.64. The maximum absolute atomic E-state index is 14.1. The summed E-state index contributed by atoms with van der Waals surface area (Å²) in [6, 6.07) is 24.0. The van der Waals surface area contributed by atoms with Crippen LogP contribution in [0, 0.1) is 5.82 Å². The van der Waals surface area contributed by atoms with E-state index in [9.17, 15) is 14.0 Å². The molecule has 4 aromatic rings. The Balaban J connectivity index is 1.50. The molecule has 0 saturated heterocycles. The molecule has 1 N–H and O–H groups in total. The van der Waals surface area contributed by atoms with Gasteiger partial charge in [-0.25, -0.2) is 9.18 Å². The number of fused-ring (bicyclic) bond motifs is 3. The Morgan fingerprint density at radius 1 is 0.974 bits per heavy atom. The second kappa shape index (κ2) is 11.1. The van der Waals surface area contributed by atoms with E-state index in [1.807, 2.05) is 73.8 Å². The molecule has 3 amide bonds. The van der Waals surface area contributed by atoms with Crippen molar-refractivity contribution >= 4 is 34.9 Å². The minimum absolute atomic E-state index is 0.139. The van der Waals surface area contributed by atoms with Crippen LogP contribution >= 0.6 is 11.6 Å². The molecule has 1 atom stereocenters. The lowest BCUT2D eigenvalue weighted by Crippen LogP contribution is -2.48. The number of amides is 3. The first-order valence-electron chi connectivity index (χ1n) is 12.6. The van der Waals surface area contributed by atoms with Gasteiger partial charge in [0.05, 0.1) is 17.1 Å². The molecule has 3 aromatic carbocycles. The number of para-hydroxylation sites is 2. The molecule has 5 rings (SSSR count). The summed E-state index contributed by atoms with van der Waals surface area (Å²) < 4.78 is 15.8. The maximum Gasteiger partial charge on any atom is 0.322 e. The van der Waals surface area contributed by atoms with Gasteiger partial charge in [-0.1, -0.05) is 55.3 Å². The number of hydrogen-bond acceptors (Lipinski definition) is 2. The number of anilines is 2. The number of nitrogens with zero attached hydrogens (tertiary/aromatic N) is 3. The fourth-order valence-electron chi connectivity index (χ4n) is 4.83. The Hall–Kier alpha value is -4.10. The Bertz CT molecular complexity index is 1450. The predicted octanol–water partition coefficient (Wildman–Crippen LogP) is 7.04. The highest BCUT2D eigenvalue weighted by atomic mass is 35.5. The number of benzene rings is 3. The molecular formula is C30H28ClFN4O2. The molecule has 0 bridgehead atoms. The number of unbranched alkanes of at least 4 members (excludes halogenated alkanes) is 1. The molecule has 6 nitrogen and oxygen atoms in total. The second-order valence-electron chi connectivity index (χ2n) is 9.23. The van der Waals surface area contributed by atoms with Crippen molar-refractivity contribution in [2.75, 3.05) is 23.3 Å². The van der Waals surface area contributed by atoms with E-state index >= 15 is 0 Å². The summed E-state index contributed by atoms with van der Waals surface area (Å²) in [6.45, 7) is 2.28. The lowest BCUT2D eigenvalue weighted by molar-refractivity contribution is -0.119. The van der Waals surface area contributed by atoms with Crippen LogP contribution in [0.5, 0.6) is 0 Å². The highest BCUT2D eigenvalue weighted by Gasteiger charge is 2.37. The number of halogens is 2. The van der Waals surface area contributed by atoms with Crippen LogP contribution in [0.4, 0.5) is 20.6 Å². The highest BCUT2D eigenvalue weighted by Crippen LogP contribution is 2.42. The highest BCUT2D eigenvalue weighted by molar-refractivity contribution is 6.30. The van der Waals surface area contributed by atoms with Crippen LogP contribution in [0.25, 0.3) is 5.69 Å². The summed E-state index contributed by atoms with van der Waals surface area (Å²) in [5.74, 6) is -0.673. The SMILES string of the molecule is CCCCN(CC(=O)N1c2ccccc2-n2cccc2C1c1ccc(Cl)cc1)C(=O)Nc1cccc(F)c1. The average Bonchev–Trinajstić information content (AvgIpc) is 3.41. The normalized spacial score (nSPS) is 14.0. The summed E-state index contributed by atoms with van der Waals surface area (Å²) in [5, 5.41) is 3.35. The minimum atomic E-state index is -0.450. The maximum atomic E-state index is 14.1. The molecule has 0 radical (unpaired) electrons. The van der Waals surface area contributed by atoms with Crippen LogP contribution in [0.15, 0.2) is 91.1 Å². The third-order valence-corrected chi connectivity index (χ3v) is 6.90. The van der Waals surface area contributed by atoms with E-state index in [0.717, 1.165) is 35.5 Å². The summed E-state index contributed by atoms with van der Waals surface area (Å²) in [5.41, 5.74) is 3.81. The molecule has 0 saturated carbocycles. The van der Waals surface area contributed by atoms with Crippen LogP contribution in [0.3, 0.4) is 0 Å². The van der Waals surface area contributed by atoms with Crippen molar-refractivity contribution in [3.63, 3.8) is 0 Å². The summed E-state index contributed by atoms with van der Waals surface area (Å²) in [7, 11) is 0. The first-order valence-corrected chi connectivity index (χ1v) is 13.0. The van der Waals surface area contributed by atoms with E-state index < -0.39 is 17.9 Å². The molecule has 8 heteroatoms. The van der Waals surface area contributed by atoms with Crippen molar-refractivity contribution in [2.24, 2.45) is 0 Å². The summed E-state index contributed by atoms with van der Waals surface area (Å²) >= 11 is 6.18. The van der Waals surface area contributed by atoms with Gasteiger partial charge in [-0.3, -0.25) is 9.69 Å². The zero-order chi connectivity index (χ0) is 26.6. The fourth-order valence-corrected chi connectivity index (χ4v) is 4.96. The van der Waals surface area contributed by atoms with E-state index in [4.69, 9.17) is 11.6 Å². The molecule has 1 aliphatic rings. The van der Waals surface area contributed by atoms with Gasteiger partial charge >= 0.3 is 6.03 Å². The van der Waals surface area contributed by atoms with Crippen LogP contribution in [-0.4, -0.2) is 34.5 Å². The zero-order valence-electron chi connectivity index (χ0n) is 21.0. The second-order valence-corrected chi connectivity index (χ2v) is 9.66. The number of carbonyl (C=O) groups is 2. The number of carbonyl (C=O) groups excluding carboxylic acids is 2. The Morgan fingerprint density at radius 3 is 2.47 bits per heavy atom. The van der Waals surface area contributed by atoms with E-state index in [2.05, 4.69) is 9.88 Å². The molecular weight excluding hydrogens is 503 g/mol. The molecule has 2 heterocycles. The monoisotopic (exact) mass is 530 g/mol. The largest absolute Gasteiger partial charge is 0.322 e. The van der Waals surface area contributed by atoms with E-state index in [0.29, 0.717) is 17.3 Å². The van der Waals surface area contributed by atoms with Crippen molar-refractivity contribution in [1.82, 2.24) is 9.47 Å². The molecule has 38 heavy (non-hydrogen) atoms. The van der Waals surface area contributed by atoms with Crippen molar-refractivity contribution in [3.8, 4) is 5.69 Å². The van der Waals surface area contributed by atoms with Crippen molar-refractivity contribution in [1.29, 1.82) is 0 Å². The molecule has 194 valence electrons. The predicted molar refractivity (Wildman–Crippen MR) is 148 cm³/mol. The van der Waals surface area contributed by atoms with E-state index in [1.54, 1.807) is 11.0 Å². The number of rotatable bonds is 7. The first-order chi connectivity index (χ1) is 18.5. The molecule has 0 fully saturated rings. The van der Waals surface area contributed by atoms with Crippen LogP contribution < -0.4 is 10.2 Å². The van der Waals surface area contributed by atoms with Crippen LogP contribution in [-0.2, 0) is 4.79 Å². The van der Waals surface area contributed by atoms with Gasteiger partial charge in [0.1, 0.15) is 18.4 Å². The Morgan fingerprint density at radius 2 is 1.74 bits per heavy atom. The Kier molecular flexibility index (Phi) is 7.47. The van der Waals surface area contributed by atoms with Crippen LogP contribution in [0.1, 0.15) is 37.1 Å². The molecule has 1 aromatic heterocycles. The summed E-state index contributed by atoms with van der Waals surface area (Å²) in [4.78, 5) is 30.6. The number of nitrogens with one attached hydrogen (secondary N) is 1. The molecule has 1 aliphatic heterocycles. The quantitative estimate of drug-likeness (QED) is 0.278. The fraction of sp³-hybridized carbons (Fsp3) is 0.200. The topological polar surface area (TPSA) is 57.6 Å². The third kappa shape index (κ3) is 5.15. The first kappa shape index (κ1) is 25.5. The van der Waals surface area contributed by atoms with Gasteiger partial charge in [-0.15, -0.1) is 0 Å². The lowest BCUT2D eigenvalue weighted by Gasteiger charge is -2.39. The van der Waals surface area contributed by atoms with E-state index in [1.165, 1.54) is 23.1 Å². The van der Waals surface area contributed by atoms with Crippen LogP contribution in [0.2, 0.25) is 5.02 Å². The van der Waals surface area contributed by atoms with Gasteiger partial charge in [-0.2, -0.15) is 0 Å². The number of aromatic nitrogens is 1. The van der Waals surface area contributed by atoms with Gasteiger partial charge in [0.2, 0.25) is 5.91 Å². The van der Waals surface area contributed by atoms with Crippen molar-refractivity contribution in [3.05, 3.63) is 113 Å². The smallest absolute Gasteiger partial charge is 0.316 e. The van der Waals surface area contributed by atoms with Gasteiger partial charge in [0.15, 0.2) is 0 Å². The average molecular weight is 531 g/mol. The van der Waals surface area contributed by atoms with Gasteiger partial charge in [-0.05, 0) is 66.6 Å². The van der Waals surface area contributed by atoms with E-state index in [-0.39, 0.29) is 12.5 Å². The standard InChI is InChI=1S/C30H28ClFN4O2/c1-2-3-17-34(30(38)33-24-9-6-8-23(32)19-24)20-28(37)36-26-11-5-4-10-25(26)35-18-7-12-27(35)29(36)21-13-15-22(31)16-14-21/h4-16,18-19,29H,2-3,17,20H2,1H3,(H,33,38). The van der Waals surface area contributed by atoms with Gasteiger partial charge in [0.25, 0.3) is 0 Å². The van der Waals surface area contributed by atoms with Gasteiger partial charge in [0, 0.05) is 23.5 Å². The zero-order valence-corrected chi connectivity index (χ0v) is 21.7. The van der Waals surface area contributed by atoms with Crippen molar-refractivity contribution < 1.29 is 14.0 Å². The number of urea groups is 1. The molecule has 0 aliphatic carbocycles. The minimum Gasteiger partial charge on any atom is -0.316 e. The van der Waals surface area contributed by atoms with Crippen molar-refractivity contribution in [2.45, 2.75) is 25.8 Å². The van der Waals surface area contributed by atoms with Gasteiger partial charge < -0.3 is 14.8 Å². The summed E-state index contributed by atoms with van der Waals surface area (Å²) in [6.07, 6.45) is 3.56.